The molecule has 0 saturated heterocycles. The molecule has 2 rings (SSSR count). The van der Waals surface area contributed by atoms with Crippen molar-refractivity contribution in [3.05, 3.63) is 71.8 Å². The van der Waals surface area contributed by atoms with Gasteiger partial charge in [-0.1, -0.05) is 103 Å². The third kappa shape index (κ3) is 7.81. The van der Waals surface area contributed by atoms with Crippen molar-refractivity contribution in [1.82, 2.24) is 0 Å². The number of esters is 1. The summed E-state index contributed by atoms with van der Waals surface area (Å²) in [6.45, 7) is 17.3. The first-order valence-electron chi connectivity index (χ1n) is 10.2. The first-order chi connectivity index (χ1) is 13.1. The van der Waals surface area contributed by atoms with Crippen LogP contribution in [0.25, 0.3) is 0 Å². The quantitative estimate of drug-likeness (QED) is 0.506. The fraction of sp³-hybridized carbons (Fsp3) is 0.536. The molecule has 0 atom stereocenters. The van der Waals surface area contributed by atoms with Crippen molar-refractivity contribution in [3.63, 3.8) is 0 Å². The maximum absolute atomic E-state index is 11.1. The van der Waals surface area contributed by atoms with Crippen LogP contribution in [0.4, 0.5) is 0 Å². The molecule has 0 fully saturated rings. The van der Waals surface area contributed by atoms with Gasteiger partial charge in [0.2, 0.25) is 0 Å². The second kappa shape index (κ2) is 11.5. The van der Waals surface area contributed by atoms with Gasteiger partial charge in [-0.2, -0.15) is 0 Å². The minimum absolute atomic E-state index is 0. The van der Waals surface area contributed by atoms with E-state index in [0.29, 0.717) is 0 Å². The minimum atomic E-state index is -0.700. The van der Waals surface area contributed by atoms with Gasteiger partial charge >= 0.3 is 5.97 Å². The lowest BCUT2D eigenvalue weighted by atomic mass is 9.72. The summed E-state index contributed by atoms with van der Waals surface area (Å²) in [5, 5.41) is 10.00. The molecule has 0 heterocycles. The maximum atomic E-state index is 11.1. The number of hydrogen-bond donors (Lipinski definition) is 1. The zero-order chi connectivity index (χ0) is 22.5. The molecule has 1 N–H and O–H groups in total. The van der Waals surface area contributed by atoms with Crippen molar-refractivity contribution in [2.75, 3.05) is 0 Å². The largest absolute Gasteiger partial charge is 0.459 e. The molecule has 176 valence electrons. The van der Waals surface area contributed by atoms with E-state index in [0.717, 1.165) is 0 Å². The van der Waals surface area contributed by atoms with Crippen molar-refractivity contribution in [2.45, 2.75) is 99.2 Å². The standard InChI is InChI=1S/C14H20O2.C12H18O.2CH4/c1-11(15)16-14(4,5)13(2,3)12-9-7-6-8-10-12;1-11(2,12(3,4)13)10-8-6-5-7-9-10;;/h6-10H,1-5H3;5-9,13H,1-4H3;2*1H4. The van der Waals surface area contributed by atoms with E-state index in [-0.39, 0.29) is 31.7 Å². The Morgan fingerprint density at radius 3 is 1.29 bits per heavy atom. The van der Waals surface area contributed by atoms with Crippen LogP contribution in [-0.2, 0) is 20.4 Å². The minimum Gasteiger partial charge on any atom is -0.459 e. The van der Waals surface area contributed by atoms with E-state index >= 15 is 0 Å². The number of hydrogen-bond acceptors (Lipinski definition) is 3. The molecule has 0 aromatic heterocycles. The van der Waals surface area contributed by atoms with Crippen molar-refractivity contribution < 1.29 is 14.6 Å². The molecule has 0 aliphatic carbocycles. The first-order valence-corrected chi connectivity index (χ1v) is 10.2. The highest BCUT2D eigenvalue weighted by atomic mass is 16.6. The van der Waals surface area contributed by atoms with E-state index in [2.05, 4.69) is 52.0 Å². The molecule has 0 radical (unpaired) electrons. The van der Waals surface area contributed by atoms with Crippen LogP contribution in [0.1, 0.15) is 88.3 Å². The average molecular weight is 431 g/mol. The Bertz CT molecular complexity index is 767. The van der Waals surface area contributed by atoms with E-state index < -0.39 is 11.2 Å². The Labute approximate surface area is 191 Å². The highest BCUT2D eigenvalue weighted by Gasteiger charge is 2.41. The SMILES string of the molecule is C.C.CC(=O)OC(C)(C)C(C)(C)c1ccccc1.CC(C)(O)C(C)(C)c1ccccc1. The summed E-state index contributed by atoms with van der Waals surface area (Å²) in [5.41, 5.74) is 0.673. The van der Waals surface area contributed by atoms with Crippen LogP contribution in [0.5, 0.6) is 0 Å². The van der Waals surface area contributed by atoms with E-state index in [1.54, 1.807) is 0 Å². The average Bonchev–Trinajstić information content (AvgIpc) is 2.61. The molecule has 0 saturated carbocycles. The van der Waals surface area contributed by atoms with E-state index in [1.165, 1.54) is 18.1 Å². The number of ether oxygens (including phenoxy) is 1. The molecule has 3 heteroatoms. The molecule has 0 aliphatic heterocycles. The molecule has 0 bridgehead atoms. The number of aliphatic hydroxyl groups is 1. The van der Waals surface area contributed by atoms with Gasteiger partial charge in [0.25, 0.3) is 0 Å². The van der Waals surface area contributed by atoms with Crippen molar-refractivity contribution in [2.24, 2.45) is 0 Å². The van der Waals surface area contributed by atoms with Gasteiger partial charge in [0.15, 0.2) is 0 Å². The van der Waals surface area contributed by atoms with Crippen LogP contribution in [0.3, 0.4) is 0 Å². The zero-order valence-electron chi connectivity index (χ0n) is 19.5. The van der Waals surface area contributed by atoms with Crippen molar-refractivity contribution >= 4 is 5.97 Å². The first kappa shape index (κ1) is 31.1. The lowest BCUT2D eigenvalue weighted by molar-refractivity contribution is -0.159. The van der Waals surface area contributed by atoms with Gasteiger partial charge in [-0.15, -0.1) is 0 Å². The molecule has 0 unspecified atom stereocenters. The molecule has 0 aliphatic rings. The normalized spacial score (nSPS) is 11.8. The Morgan fingerprint density at radius 1 is 0.677 bits per heavy atom. The summed E-state index contributed by atoms with van der Waals surface area (Å²) in [7, 11) is 0. The summed E-state index contributed by atoms with van der Waals surface area (Å²) in [6, 6.07) is 20.2. The predicted molar refractivity (Wildman–Crippen MR) is 135 cm³/mol. The molecule has 2 aromatic carbocycles. The highest BCUT2D eigenvalue weighted by molar-refractivity contribution is 5.66. The summed E-state index contributed by atoms with van der Waals surface area (Å²) in [4.78, 5) is 11.1. The molecular weight excluding hydrogens is 384 g/mol. The van der Waals surface area contributed by atoms with Gasteiger partial charge < -0.3 is 9.84 Å². The molecule has 2 aromatic rings. The van der Waals surface area contributed by atoms with Gasteiger partial charge in [0, 0.05) is 17.8 Å². The Hall–Kier alpha value is -2.13. The summed E-state index contributed by atoms with van der Waals surface area (Å²) < 4.78 is 5.42. The van der Waals surface area contributed by atoms with E-state index in [4.69, 9.17) is 4.74 Å². The third-order valence-corrected chi connectivity index (χ3v) is 6.42. The second-order valence-corrected chi connectivity index (χ2v) is 9.65. The molecule has 0 amide bonds. The van der Waals surface area contributed by atoms with E-state index in [1.807, 2.05) is 64.1 Å². The van der Waals surface area contributed by atoms with Gasteiger partial charge in [0.1, 0.15) is 5.60 Å². The number of benzene rings is 2. The topological polar surface area (TPSA) is 46.5 Å². The van der Waals surface area contributed by atoms with E-state index in [9.17, 15) is 9.90 Å². The fourth-order valence-electron chi connectivity index (χ4n) is 2.90. The van der Waals surface area contributed by atoms with Crippen LogP contribution < -0.4 is 0 Å². The maximum Gasteiger partial charge on any atom is 0.303 e. The summed E-state index contributed by atoms with van der Waals surface area (Å²) in [5.74, 6) is -0.242. The molecule has 3 nitrogen and oxygen atoms in total. The Kier molecular flexibility index (Phi) is 11.5. The fourth-order valence-corrected chi connectivity index (χ4v) is 2.90. The zero-order valence-corrected chi connectivity index (χ0v) is 19.5. The highest BCUT2D eigenvalue weighted by Crippen LogP contribution is 2.37. The smallest absolute Gasteiger partial charge is 0.303 e. The lowest BCUT2D eigenvalue weighted by Gasteiger charge is -2.41. The Morgan fingerprint density at radius 2 is 1.00 bits per heavy atom. The van der Waals surface area contributed by atoms with Gasteiger partial charge in [-0.05, 0) is 38.8 Å². The number of carbonyl (C=O) groups is 1. The van der Waals surface area contributed by atoms with Crippen LogP contribution in [0, 0.1) is 0 Å². The molecule has 31 heavy (non-hydrogen) atoms. The van der Waals surface area contributed by atoms with Crippen molar-refractivity contribution in [3.8, 4) is 0 Å². The van der Waals surface area contributed by atoms with Gasteiger partial charge in [0.05, 0.1) is 5.60 Å². The lowest BCUT2D eigenvalue weighted by Crippen LogP contribution is -2.46. The van der Waals surface area contributed by atoms with Crippen LogP contribution in [-0.4, -0.2) is 22.3 Å². The number of rotatable bonds is 5. The Balaban J connectivity index is 0. The number of carbonyl (C=O) groups excluding carboxylic acids is 1. The molecule has 0 spiro atoms. The van der Waals surface area contributed by atoms with Crippen LogP contribution in [0.2, 0.25) is 0 Å². The second-order valence-electron chi connectivity index (χ2n) is 9.65. The van der Waals surface area contributed by atoms with Crippen LogP contribution in [0.15, 0.2) is 60.7 Å². The summed E-state index contributed by atoms with van der Waals surface area (Å²) >= 11 is 0. The van der Waals surface area contributed by atoms with Crippen molar-refractivity contribution in [1.29, 1.82) is 0 Å². The van der Waals surface area contributed by atoms with Gasteiger partial charge in [-0.3, -0.25) is 4.79 Å². The molecular formula is C28H46O3. The van der Waals surface area contributed by atoms with Gasteiger partial charge in [-0.25, -0.2) is 0 Å². The third-order valence-electron chi connectivity index (χ3n) is 6.42. The monoisotopic (exact) mass is 430 g/mol. The predicted octanol–water partition coefficient (Wildman–Crippen LogP) is 7.31. The van der Waals surface area contributed by atoms with Crippen LogP contribution >= 0.6 is 0 Å². The summed E-state index contributed by atoms with van der Waals surface area (Å²) in [6.07, 6.45) is 0.